The largest absolute Gasteiger partial charge is 0.317 e. The van der Waals surface area contributed by atoms with Crippen LogP contribution in [0.4, 0.5) is 8.78 Å². The summed E-state index contributed by atoms with van der Waals surface area (Å²) in [5.41, 5.74) is -0.0830. The van der Waals surface area contributed by atoms with Gasteiger partial charge in [-0.2, -0.15) is 0 Å². The normalized spacial score (nSPS) is 10.9. The third-order valence-electron chi connectivity index (χ3n) is 2.81. The molecule has 0 bridgehead atoms. The summed E-state index contributed by atoms with van der Waals surface area (Å²) in [6.07, 6.45) is 2.81. The summed E-state index contributed by atoms with van der Waals surface area (Å²) >= 11 is 1.25. The van der Waals surface area contributed by atoms with E-state index in [1.165, 1.54) is 29.5 Å². The molecule has 0 aliphatic heterocycles. The summed E-state index contributed by atoms with van der Waals surface area (Å²) in [7, 11) is 0. The van der Waals surface area contributed by atoms with Crippen molar-refractivity contribution in [2.75, 3.05) is 13.1 Å². The highest BCUT2D eigenvalue weighted by Gasteiger charge is 2.15. The van der Waals surface area contributed by atoms with Crippen LogP contribution in [-0.4, -0.2) is 23.3 Å². The molecule has 1 N–H and O–H groups in total. The van der Waals surface area contributed by atoms with Crippen molar-refractivity contribution in [1.29, 1.82) is 0 Å². The Balaban J connectivity index is 1.98. The van der Waals surface area contributed by atoms with Gasteiger partial charge in [0, 0.05) is 6.42 Å². The van der Waals surface area contributed by atoms with Crippen molar-refractivity contribution in [3.8, 4) is 10.6 Å². The van der Waals surface area contributed by atoms with Crippen LogP contribution in [0.5, 0.6) is 0 Å². The minimum atomic E-state index is -0.600. The van der Waals surface area contributed by atoms with E-state index in [1.54, 1.807) is 0 Å². The number of nitrogens with one attached hydrogen (secondary N) is 1. The zero-order chi connectivity index (χ0) is 14.4. The highest BCUT2D eigenvalue weighted by Crippen LogP contribution is 2.28. The van der Waals surface area contributed by atoms with Crippen LogP contribution in [-0.2, 0) is 6.42 Å². The van der Waals surface area contributed by atoms with Crippen molar-refractivity contribution in [1.82, 2.24) is 15.5 Å². The Morgan fingerprint density at radius 2 is 1.90 bits per heavy atom. The second-order valence-corrected chi connectivity index (χ2v) is 5.51. The van der Waals surface area contributed by atoms with Gasteiger partial charge in [-0.3, -0.25) is 0 Å². The first kappa shape index (κ1) is 15.0. The third-order valence-corrected chi connectivity index (χ3v) is 3.81. The molecule has 0 unspecified atom stereocenters. The van der Waals surface area contributed by atoms with Crippen LogP contribution in [0, 0.1) is 11.6 Å². The lowest BCUT2D eigenvalue weighted by Gasteiger charge is -2.00. The molecule has 0 amide bonds. The first-order valence-electron chi connectivity index (χ1n) is 6.70. The fraction of sp³-hybridized carbons (Fsp3) is 0.429. The summed E-state index contributed by atoms with van der Waals surface area (Å²) in [4.78, 5) is 0. The van der Waals surface area contributed by atoms with Gasteiger partial charge >= 0.3 is 0 Å². The molecule has 0 saturated heterocycles. The van der Waals surface area contributed by atoms with E-state index in [1.807, 2.05) is 0 Å². The number of benzene rings is 1. The van der Waals surface area contributed by atoms with Crippen molar-refractivity contribution in [3.05, 3.63) is 34.8 Å². The number of nitrogens with zero attached hydrogens (tertiary/aromatic N) is 2. The average Bonchev–Trinajstić information content (AvgIpc) is 2.87. The quantitative estimate of drug-likeness (QED) is 0.796. The number of aromatic nitrogens is 2. The smallest absolute Gasteiger partial charge is 0.153 e. The molecular formula is C14H17F2N3S. The Morgan fingerprint density at radius 1 is 1.15 bits per heavy atom. The minimum Gasteiger partial charge on any atom is -0.317 e. The van der Waals surface area contributed by atoms with Gasteiger partial charge in [0.2, 0.25) is 0 Å². The van der Waals surface area contributed by atoms with Crippen LogP contribution in [0.2, 0.25) is 0 Å². The molecule has 108 valence electrons. The molecule has 20 heavy (non-hydrogen) atoms. The van der Waals surface area contributed by atoms with Gasteiger partial charge in [-0.15, -0.1) is 10.2 Å². The van der Waals surface area contributed by atoms with Crippen LogP contribution >= 0.6 is 11.3 Å². The van der Waals surface area contributed by atoms with Crippen molar-refractivity contribution in [3.63, 3.8) is 0 Å². The highest BCUT2D eigenvalue weighted by atomic mass is 32.1. The third kappa shape index (κ3) is 3.80. The Morgan fingerprint density at radius 3 is 2.60 bits per heavy atom. The number of rotatable bonds is 7. The van der Waals surface area contributed by atoms with E-state index in [4.69, 9.17) is 0 Å². The summed E-state index contributed by atoms with van der Waals surface area (Å²) in [6, 6.07) is 3.80. The molecule has 3 nitrogen and oxygen atoms in total. The van der Waals surface area contributed by atoms with Gasteiger partial charge in [-0.25, -0.2) is 8.78 Å². The zero-order valence-electron chi connectivity index (χ0n) is 11.3. The van der Waals surface area contributed by atoms with E-state index in [0.717, 1.165) is 37.4 Å². The monoisotopic (exact) mass is 297 g/mol. The van der Waals surface area contributed by atoms with Gasteiger partial charge in [0.05, 0.1) is 5.56 Å². The van der Waals surface area contributed by atoms with Crippen LogP contribution in [0.15, 0.2) is 18.2 Å². The van der Waals surface area contributed by atoms with Crippen LogP contribution in [0.3, 0.4) is 0 Å². The fourth-order valence-corrected chi connectivity index (χ4v) is 2.75. The molecule has 0 atom stereocenters. The Labute approximate surface area is 121 Å². The van der Waals surface area contributed by atoms with Crippen molar-refractivity contribution in [2.45, 2.75) is 26.2 Å². The molecule has 1 aromatic carbocycles. The van der Waals surface area contributed by atoms with Gasteiger partial charge < -0.3 is 5.32 Å². The summed E-state index contributed by atoms with van der Waals surface area (Å²) < 4.78 is 27.3. The van der Waals surface area contributed by atoms with E-state index >= 15 is 0 Å². The van der Waals surface area contributed by atoms with Gasteiger partial charge in [-0.1, -0.05) is 24.3 Å². The standard InChI is InChI=1S/C14H17F2N3S/c1-2-8-17-9-4-7-12-18-19-14(20-12)13-10(15)5-3-6-11(13)16/h3,5-6,17H,2,4,7-9H2,1H3. The Bertz CT molecular complexity index is 537. The molecule has 0 saturated carbocycles. The summed E-state index contributed by atoms with van der Waals surface area (Å²) in [5, 5.41) is 12.3. The van der Waals surface area contributed by atoms with Gasteiger partial charge in [0.25, 0.3) is 0 Å². The molecule has 6 heteroatoms. The maximum absolute atomic E-state index is 13.6. The molecule has 2 aromatic rings. The molecule has 0 spiro atoms. The Kier molecular flexibility index (Phi) is 5.55. The lowest BCUT2D eigenvalue weighted by atomic mass is 10.2. The molecule has 0 fully saturated rings. The minimum absolute atomic E-state index is 0.0830. The van der Waals surface area contributed by atoms with Crippen molar-refractivity contribution >= 4 is 11.3 Å². The number of aryl methyl sites for hydroxylation is 1. The van der Waals surface area contributed by atoms with Crippen molar-refractivity contribution < 1.29 is 8.78 Å². The van der Waals surface area contributed by atoms with Crippen molar-refractivity contribution in [2.24, 2.45) is 0 Å². The number of halogens is 2. The number of hydrogen-bond acceptors (Lipinski definition) is 4. The SMILES string of the molecule is CCCNCCCc1nnc(-c2c(F)cccc2F)s1. The maximum atomic E-state index is 13.6. The molecule has 0 aliphatic carbocycles. The second kappa shape index (κ2) is 7.40. The molecule has 0 radical (unpaired) electrons. The molecular weight excluding hydrogens is 280 g/mol. The first-order valence-corrected chi connectivity index (χ1v) is 7.51. The van der Waals surface area contributed by atoms with E-state index in [2.05, 4.69) is 22.4 Å². The topological polar surface area (TPSA) is 37.8 Å². The number of hydrogen-bond donors (Lipinski definition) is 1. The molecule has 1 aromatic heterocycles. The second-order valence-electron chi connectivity index (χ2n) is 4.45. The van der Waals surface area contributed by atoms with Gasteiger partial charge in [-0.05, 0) is 38.1 Å². The van der Waals surface area contributed by atoms with E-state index in [9.17, 15) is 8.78 Å². The molecule has 2 rings (SSSR count). The first-order chi connectivity index (χ1) is 9.72. The summed E-state index contributed by atoms with van der Waals surface area (Å²) in [5.74, 6) is -1.20. The van der Waals surface area contributed by atoms with Crippen LogP contribution in [0.1, 0.15) is 24.8 Å². The van der Waals surface area contributed by atoms with E-state index in [-0.39, 0.29) is 5.56 Å². The lowest BCUT2D eigenvalue weighted by Crippen LogP contribution is -2.16. The van der Waals surface area contributed by atoms with Gasteiger partial charge in [0.15, 0.2) is 5.01 Å². The lowest BCUT2D eigenvalue weighted by molar-refractivity contribution is 0.589. The van der Waals surface area contributed by atoms with Gasteiger partial charge in [0.1, 0.15) is 16.6 Å². The predicted molar refractivity (Wildman–Crippen MR) is 76.7 cm³/mol. The highest BCUT2D eigenvalue weighted by molar-refractivity contribution is 7.14. The van der Waals surface area contributed by atoms with Crippen LogP contribution in [0.25, 0.3) is 10.6 Å². The maximum Gasteiger partial charge on any atom is 0.153 e. The zero-order valence-corrected chi connectivity index (χ0v) is 12.1. The van der Waals surface area contributed by atoms with E-state index in [0.29, 0.717) is 5.01 Å². The fourth-order valence-electron chi connectivity index (χ4n) is 1.82. The molecule has 0 aliphatic rings. The van der Waals surface area contributed by atoms with Crippen LogP contribution < -0.4 is 5.32 Å². The average molecular weight is 297 g/mol. The Hall–Kier alpha value is -1.40. The van der Waals surface area contributed by atoms with E-state index < -0.39 is 11.6 Å². The predicted octanol–water partition coefficient (Wildman–Crippen LogP) is 3.42. The summed E-state index contributed by atoms with van der Waals surface area (Å²) in [6.45, 7) is 4.03. The molecule has 1 heterocycles.